The van der Waals surface area contributed by atoms with Crippen molar-refractivity contribution in [1.82, 2.24) is 8.65 Å². The topological polar surface area (TPSA) is 41.3 Å². The number of benzene rings is 1. The number of hydrazine groups is 1. The molecular formula is C8H8IN3. The van der Waals surface area contributed by atoms with Crippen LogP contribution in [0.5, 0.6) is 0 Å². The summed E-state index contributed by atoms with van der Waals surface area (Å²) < 4.78 is 1.86. The minimum atomic E-state index is 0.806. The van der Waals surface area contributed by atoms with Gasteiger partial charge in [0.2, 0.25) is 0 Å². The molecule has 12 heavy (non-hydrogen) atoms. The Kier molecular flexibility index (Phi) is 1.84. The zero-order chi connectivity index (χ0) is 8.55. The molecule has 3 nitrogen and oxygen atoms in total. The Morgan fingerprint density at radius 3 is 3.08 bits per heavy atom. The summed E-state index contributed by atoms with van der Waals surface area (Å²) in [5.41, 5.74) is 9.62. The van der Waals surface area contributed by atoms with Gasteiger partial charge < -0.3 is 5.73 Å². The smallest absolute Gasteiger partial charge is 0.0821 e. The first-order valence-electron chi connectivity index (χ1n) is 3.55. The zero-order valence-corrected chi connectivity index (χ0v) is 8.45. The summed E-state index contributed by atoms with van der Waals surface area (Å²) >= 11 is 2.16. The lowest BCUT2D eigenvalue weighted by molar-refractivity contribution is 0.646. The molecule has 0 fully saturated rings. The largest absolute Gasteiger partial charge is 0.398 e. The Balaban J connectivity index is 2.78. The molecule has 0 amide bonds. The average Bonchev–Trinajstić information content (AvgIpc) is 2.04. The summed E-state index contributed by atoms with van der Waals surface area (Å²) in [5, 5.41) is 2.20. The van der Waals surface area contributed by atoms with Crippen LogP contribution in [0.25, 0.3) is 12.4 Å². The molecule has 0 bridgehead atoms. The van der Waals surface area contributed by atoms with Gasteiger partial charge in [0, 0.05) is 28.5 Å². The molecule has 0 saturated heterocycles. The van der Waals surface area contributed by atoms with Crippen molar-refractivity contribution in [1.29, 1.82) is 0 Å². The molecule has 0 saturated carbocycles. The number of rotatable bonds is 0. The maximum atomic E-state index is 5.77. The van der Waals surface area contributed by atoms with Gasteiger partial charge in [-0.15, -0.1) is 0 Å². The summed E-state index contributed by atoms with van der Waals surface area (Å²) in [6.45, 7) is 0. The van der Waals surface area contributed by atoms with Gasteiger partial charge in [0.15, 0.2) is 0 Å². The van der Waals surface area contributed by atoms with Crippen LogP contribution in [0.3, 0.4) is 0 Å². The molecule has 0 spiro atoms. The Morgan fingerprint density at radius 2 is 2.25 bits per heavy atom. The molecular weight excluding hydrogens is 265 g/mol. The Morgan fingerprint density at radius 1 is 1.42 bits per heavy atom. The van der Waals surface area contributed by atoms with Crippen LogP contribution in [0.1, 0.15) is 0 Å². The lowest BCUT2D eigenvalue weighted by Crippen LogP contribution is -2.38. The van der Waals surface area contributed by atoms with Gasteiger partial charge in [0.05, 0.1) is 22.9 Å². The van der Waals surface area contributed by atoms with E-state index in [1.165, 1.54) is 0 Å². The second-order valence-corrected chi connectivity index (χ2v) is 3.60. The Hall–Kier alpha value is -0.910. The van der Waals surface area contributed by atoms with Gasteiger partial charge in [-0.3, -0.25) is 5.43 Å². The van der Waals surface area contributed by atoms with Gasteiger partial charge in [-0.05, 0) is 6.07 Å². The van der Waals surface area contributed by atoms with Crippen molar-refractivity contribution in [3.63, 3.8) is 0 Å². The second-order valence-electron chi connectivity index (χ2n) is 2.56. The first-order valence-corrected chi connectivity index (χ1v) is 4.51. The van der Waals surface area contributed by atoms with Crippen LogP contribution in [0.15, 0.2) is 18.2 Å². The molecule has 3 N–H and O–H groups in total. The number of nitrogens with one attached hydrogen (secondary N) is 1. The normalized spacial score (nSPS) is 13.9. The molecule has 0 aromatic heterocycles. The number of nitrogens with two attached hydrogens (primary N) is 1. The molecule has 2 rings (SSSR count). The highest BCUT2D eigenvalue weighted by atomic mass is 127. The highest BCUT2D eigenvalue weighted by molar-refractivity contribution is 14.1. The second kappa shape index (κ2) is 2.85. The zero-order valence-electron chi connectivity index (χ0n) is 6.29. The number of hydrogen-bond acceptors (Lipinski definition) is 3. The van der Waals surface area contributed by atoms with E-state index < -0.39 is 0 Å². The molecule has 0 unspecified atom stereocenters. The fraction of sp³-hybridized carbons (Fsp3) is 0. The van der Waals surface area contributed by atoms with E-state index in [0.29, 0.717) is 0 Å². The van der Waals surface area contributed by atoms with Crippen LogP contribution in [0.2, 0.25) is 0 Å². The standard InChI is InChI=1S/C8H8IN3/c9-12-5-6-2-1-3-8(10)7(6)4-11-12/h1-5,11H,10H2. The van der Waals surface area contributed by atoms with Gasteiger partial charge in [-0.2, -0.15) is 0 Å². The number of fused-ring (bicyclic) bond motifs is 1. The minimum absolute atomic E-state index is 0.806. The van der Waals surface area contributed by atoms with E-state index in [1.54, 1.807) is 0 Å². The molecule has 1 aliphatic rings. The number of halogens is 1. The van der Waals surface area contributed by atoms with Crippen molar-refractivity contribution in [2.75, 3.05) is 5.73 Å². The maximum Gasteiger partial charge on any atom is 0.0821 e. The van der Waals surface area contributed by atoms with Crippen molar-refractivity contribution in [3.05, 3.63) is 28.6 Å². The van der Waals surface area contributed by atoms with E-state index in [-0.39, 0.29) is 0 Å². The van der Waals surface area contributed by atoms with E-state index >= 15 is 0 Å². The van der Waals surface area contributed by atoms with E-state index in [1.807, 2.05) is 33.8 Å². The third-order valence-electron chi connectivity index (χ3n) is 1.76. The quantitative estimate of drug-likeness (QED) is 0.394. The van der Waals surface area contributed by atoms with Crippen molar-refractivity contribution in [2.24, 2.45) is 0 Å². The molecule has 0 atom stereocenters. The van der Waals surface area contributed by atoms with Gasteiger partial charge in [0.25, 0.3) is 0 Å². The SMILES string of the molecule is Nc1cccc2c1=CNN(I)C=2. The van der Waals surface area contributed by atoms with Crippen molar-refractivity contribution in [3.8, 4) is 0 Å². The number of nitrogen functional groups attached to an aromatic ring is 1. The predicted molar refractivity (Wildman–Crippen MR) is 58.0 cm³/mol. The number of nitrogens with zero attached hydrogens (tertiary/aromatic N) is 1. The van der Waals surface area contributed by atoms with Gasteiger partial charge >= 0.3 is 0 Å². The molecule has 1 aliphatic heterocycles. The van der Waals surface area contributed by atoms with Gasteiger partial charge in [-0.1, -0.05) is 12.1 Å². The van der Waals surface area contributed by atoms with E-state index in [9.17, 15) is 0 Å². The fourth-order valence-electron chi connectivity index (χ4n) is 1.17. The molecule has 0 aliphatic carbocycles. The summed E-state index contributed by atoms with van der Waals surface area (Å²) in [4.78, 5) is 0. The molecule has 4 heteroatoms. The summed E-state index contributed by atoms with van der Waals surface area (Å²) in [6, 6.07) is 5.89. The first-order chi connectivity index (χ1) is 5.77. The van der Waals surface area contributed by atoms with Crippen LogP contribution in [0.4, 0.5) is 5.69 Å². The summed E-state index contributed by atoms with van der Waals surface area (Å²) in [6.07, 6.45) is 3.89. The molecule has 1 aromatic carbocycles. The van der Waals surface area contributed by atoms with Crippen LogP contribution < -0.4 is 21.6 Å². The monoisotopic (exact) mass is 273 g/mol. The molecule has 1 aromatic rings. The Bertz CT molecular complexity index is 413. The van der Waals surface area contributed by atoms with E-state index in [0.717, 1.165) is 16.1 Å². The maximum absolute atomic E-state index is 5.77. The molecule has 62 valence electrons. The Labute approximate surface area is 84.0 Å². The lowest BCUT2D eigenvalue weighted by atomic mass is 10.2. The average molecular weight is 273 g/mol. The van der Waals surface area contributed by atoms with Crippen molar-refractivity contribution in [2.45, 2.75) is 0 Å². The molecule has 0 radical (unpaired) electrons. The molecule has 1 heterocycles. The first kappa shape index (κ1) is 7.72. The number of anilines is 1. The fourth-order valence-corrected chi connectivity index (χ4v) is 1.61. The van der Waals surface area contributed by atoms with Crippen LogP contribution in [0, 0.1) is 0 Å². The third-order valence-corrected chi connectivity index (χ3v) is 2.32. The lowest BCUT2D eigenvalue weighted by Gasteiger charge is -2.14. The van der Waals surface area contributed by atoms with E-state index in [4.69, 9.17) is 5.73 Å². The highest BCUT2D eigenvalue weighted by Gasteiger charge is 1.98. The summed E-state index contributed by atoms with van der Waals surface area (Å²) in [7, 11) is 0. The van der Waals surface area contributed by atoms with E-state index in [2.05, 4.69) is 28.3 Å². The summed E-state index contributed by atoms with van der Waals surface area (Å²) in [5.74, 6) is 0. The third kappa shape index (κ3) is 1.22. The van der Waals surface area contributed by atoms with Crippen molar-refractivity contribution < 1.29 is 0 Å². The minimum Gasteiger partial charge on any atom is -0.398 e. The van der Waals surface area contributed by atoms with Crippen LogP contribution >= 0.6 is 22.9 Å². The predicted octanol–water partition coefficient (Wildman–Crippen LogP) is -0.0850. The van der Waals surface area contributed by atoms with Gasteiger partial charge in [0.1, 0.15) is 0 Å². The van der Waals surface area contributed by atoms with Crippen molar-refractivity contribution >= 4 is 41.0 Å². The van der Waals surface area contributed by atoms with Crippen LogP contribution in [-0.4, -0.2) is 3.22 Å². The number of hydrogen-bond donors (Lipinski definition) is 2. The van der Waals surface area contributed by atoms with Gasteiger partial charge in [-0.25, -0.2) is 3.22 Å². The highest BCUT2D eigenvalue weighted by Crippen LogP contribution is 1.97. The van der Waals surface area contributed by atoms with Crippen LogP contribution in [-0.2, 0) is 0 Å².